The van der Waals surface area contributed by atoms with Gasteiger partial charge in [0.05, 0.1) is 6.04 Å². The molecular formula is C17H21ClN6O2. The number of anilines is 1. The lowest BCUT2D eigenvalue weighted by molar-refractivity contribution is -0.140. The Morgan fingerprint density at radius 3 is 2.73 bits per heavy atom. The number of carbonyl (C=O) groups is 2. The molecule has 1 atom stereocenters. The van der Waals surface area contributed by atoms with Crippen LogP contribution >= 0.6 is 11.6 Å². The fourth-order valence-electron chi connectivity index (χ4n) is 3.10. The number of rotatable bonds is 6. The Labute approximate surface area is 156 Å². The normalized spacial score (nSPS) is 17.6. The summed E-state index contributed by atoms with van der Waals surface area (Å²) < 4.78 is 1.37. The van der Waals surface area contributed by atoms with Gasteiger partial charge in [-0.3, -0.25) is 9.59 Å². The first-order valence-corrected chi connectivity index (χ1v) is 9.02. The number of halogens is 1. The molecule has 2 aromatic rings. The number of hydrogen-bond acceptors (Lipinski definition) is 5. The molecule has 0 radical (unpaired) electrons. The van der Waals surface area contributed by atoms with Crippen molar-refractivity contribution in [3.63, 3.8) is 0 Å². The number of unbranched alkanes of at least 4 members (excludes halogenated alkanes) is 1. The second-order valence-electron chi connectivity index (χ2n) is 6.31. The van der Waals surface area contributed by atoms with Crippen molar-refractivity contribution in [3.8, 4) is 0 Å². The summed E-state index contributed by atoms with van der Waals surface area (Å²) in [4.78, 5) is 28.8. The summed E-state index contributed by atoms with van der Waals surface area (Å²) in [6.45, 7) is 2.67. The predicted octanol–water partition coefficient (Wildman–Crippen LogP) is 1.76. The summed E-state index contributed by atoms with van der Waals surface area (Å²) in [5, 5.41) is 11.4. The molecule has 2 amide bonds. The molecule has 1 aromatic carbocycles. The maximum atomic E-state index is 12.7. The second kappa shape index (κ2) is 8.27. The quantitative estimate of drug-likeness (QED) is 0.767. The van der Waals surface area contributed by atoms with Gasteiger partial charge in [-0.1, -0.05) is 31.4 Å². The molecule has 1 aliphatic heterocycles. The molecule has 1 fully saturated rings. The van der Waals surface area contributed by atoms with Crippen molar-refractivity contribution in [1.82, 2.24) is 25.1 Å². The Morgan fingerprint density at radius 2 is 2.08 bits per heavy atom. The lowest BCUT2D eigenvalue weighted by Crippen LogP contribution is -2.58. The number of hydrogen-bond donors (Lipinski definition) is 0. The monoisotopic (exact) mass is 376 g/mol. The van der Waals surface area contributed by atoms with E-state index in [4.69, 9.17) is 11.6 Å². The summed E-state index contributed by atoms with van der Waals surface area (Å²) in [6.07, 6.45) is 4.25. The van der Waals surface area contributed by atoms with Gasteiger partial charge in [0.1, 0.15) is 19.4 Å². The molecule has 0 N–H and O–H groups in total. The van der Waals surface area contributed by atoms with Gasteiger partial charge in [-0.25, -0.2) is 4.68 Å². The Hall–Kier alpha value is -2.48. The first-order chi connectivity index (χ1) is 12.6. The standard InChI is InChI=1S/C17H21ClN6O2/c1-2-3-4-15-9-23(14-7-5-13(18)6-8-14)17(26)11-24(15)16(25)10-22-12-19-20-21-22/h5-8,12,15H,2-4,9-11H2,1H3/t15-/m1/s1. The topological polar surface area (TPSA) is 84.2 Å². The number of piperazine rings is 1. The maximum absolute atomic E-state index is 12.7. The third-order valence-corrected chi connectivity index (χ3v) is 4.73. The van der Waals surface area contributed by atoms with Gasteiger partial charge < -0.3 is 9.80 Å². The van der Waals surface area contributed by atoms with Crippen molar-refractivity contribution >= 4 is 29.1 Å². The van der Waals surface area contributed by atoms with Crippen LogP contribution in [0.5, 0.6) is 0 Å². The van der Waals surface area contributed by atoms with E-state index in [0.717, 1.165) is 24.9 Å². The van der Waals surface area contributed by atoms with Crippen LogP contribution in [-0.2, 0) is 16.1 Å². The van der Waals surface area contributed by atoms with Crippen LogP contribution in [0.1, 0.15) is 26.2 Å². The molecule has 9 heteroatoms. The van der Waals surface area contributed by atoms with Gasteiger partial charge in [-0.05, 0) is 41.1 Å². The van der Waals surface area contributed by atoms with Crippen molar-refractivity contribution in [2.75, 3.05) is 18.0 Å². The highest BCUT2D eigenvalue weighted by Crippen LogP contribution is 2.24. The zero-order valence-corrected chi connectivity index (χ0v) is 15.3. The zero-order chi connectivity index (χ0) is 18.5. The molecule has 2 heterocycles. The molecule has 0 bridgehead atoms. The molecule has 1 saturated heterocycles. The van der Waals surface area contributed by atoms with Gasteiger partial charge in [-0.2, -0.15) is 0 Å². The van der Waals surface area contributed by atoms with Crippen molar-refractivity contribution in [3.05, 3.63) is 35.6 Å². The van der Waals surface area contributed by atoms with Gasteiger partial charge in [-0.15, -0.1) is 5.10 Å². The van der Waals surface area contributed by atoms with E-state index in [1.807, 2.05) is 12.1 Å². The molecule has 1 aliphatic rings. The summed E-state index contributed by atoms with van der Waals surface area (Å²) >= 11 is 5.94. The lowest BCUT2D eigenvalue weighted by atomic mass is 10.0. The SMILES string of the molecule is CCCC[C@@H]1CN(c2ccc(Cl)cc2)C(=O)CN1C(=O)Cn1cnnn1. The molecular weight excluding hydrogens is 356 g/mol. The second-order valence-corrected chi connectivity index (χ2v) is 6.74. The third-order valence-electron chi connectivity index (χ3n) is 4.48. The van der Waals surface area contributed by atoms with Crippen molar-refractivity contribution < 1.29 is 9.59 Å². The van der Waals surface area contributed by atoms with E-state index in [-0.39, 0.29) is 30.9 Å². The number of aromatic nitrogens is 4. The molecule has 0 unspecified atom stereocenters. The van der Waals surface area contributed by atoms with Crippen molar-refractivity contribution in [2.24, 2.45) is 0 Å². The van der Waals surface area contributed by atoms with Crippen molar-refractivity contribution in [1.29, 1.82) is 0 Å². The first-order valence-electron chi connectivity index (χ1n) is 8.64. The first kappa shape index (κ1) is 18.3. The fraction of sp³-hybridized carbons (Fsp3) is 0.471. The Balaban J connectivity index is 1.76. The maximum Gasteiger partial charge on any atom is 0.246 e. The number of amides is 2. The van der Waals surface area contributed by atoms with E-state index >= 15 is 0 Å². The number of tetrazole rings is 1. The predicted molar refractivity (Wildman–Crippen MR) is 96.6 cm³/mol. The van der Waals surface area contributed by atoms with Crippen LogP contribution in [0.2, 0.25) is 5.02 Å². The summed E-state index contributed by atoms with van der Waals surface area (Å²) in [5.41, 5.74) is 0.800. The van der Waals surface area contributed by atoms with E-state index in [1.54, 1.807) is 21.9 Å². The van der Waals surface area contributed by atoms with E-state index in [2.05, 4.69) is 22.4 Å². The highest BCUT2D eigenvalue weighted by Gasteiger charge is 2.35. The lowest BCUT2D eigenvalue weighted by Gasteiger charge is -2.41. The van der Waals surface area contributed by atoms with Gasteiger partial charge in [0.2, 0.25) is 11.8 Å². The fourth-order valence-corrected chi connectivity index (χ4v) is 3.23. The van der Waals surface area contributed by atoms with Gasteiger partial charge >= 0.3 is 0 Å². The van der Waals surface area contributed by atoms with Crippen LogP contribution < -0.4 is 4.90 Å². The van der Waals surface area contributed by atoms with Gasteiger partial charge in [0.15, 0.2) is 0 Å². The molecule has 1 aromatic heterocycles. The number of nitrogens with zero attached hydrogens (tertiary/aromatic N) is 6. The third kappa shape index (κ3) is 4.19. The minimum Gasteiger partial charge on any atom is -0.327 e. The van der Waals surface area contributed by atoms with Crippen LogP contribution in [0.4, 0.5) is 5.69 Å². The average molecular weight is 377 g/mol. The van der Waals surface area contributed by atoms with E-state index in [1.165, 1.54) is 11.0 Å². The Bertz CT molecular complexity index is 749. The van der Waals surface area contributed by atoms with Crippen LogP contribution in [0.25, 0.3) is 0 Å². The Morgan fingerprint density at radius 1 is 1.31 bits per heavy atom. The van der Waals surface area contributed by atoms with E-state index in [9.17, 15) is 9.59 Å². The molecule has 8 nitrogen and oxygen atoms in total. The van der Waals surface area contributed by atoms with Crippen LogP contribution in [0.3, 0.4) is 0 Å². The van der Waals surface area contributed by atoms with Gasteiger partial charge in [0, 0.05) is 17.3 Å². The summed E-state index contributed by atoms with van der Waals surface area (Å²) in [5.74, 6) is -0.257. The smallest absolute Gasteiger partial charge is 0.246 e. The van der Waals surface area contributed by atoms with Gasteiger partial charge in [0.25, 0.3) is 0 Å². The van der Waals surface area contributed by atoms with Crippen molar-refractivity contribution in [2.45, 2.75) is 38.8 Å². The van der Waals surface area contributed by atoms with Crippen LogP contribution in [-0.4, -0.2) is 56.1 Å². The number of benzene rings is 1. The Kier molecular flexibility index (Phi) is 5.82. The highest BCUT2D eigenvalue weighted by molar-refractivity contribution is 6.30. The summed E-state index contributed by atoms with van der Waals surface area (Å²) in [6, 6.07) is 7.15. The molecule has 0 saturated carbocycles. The molecule has 0 aliphatic carbocycles. The number of carbonyl (C=O) groups excluding carboxylic acids is 2. The molecule has 26 heavy (non-hydrogen) atoms. The molecule has 3 rings (SSSR count). The highest BCUT2D eigenvalue weighted by atomic mass is 35.5. The minimum atomic E-state index is -0.150. The largest absolute Gasteiger partial charge is 0.327 e. The van der Waals surface area contributed by atoms with E-state index < -0.39 is 0 Å². The van der Waals surface area contributed by atoms with Crippen LogP contribution in [0.15, 0.2) is 30.6 Å². The van der Waals surface area contributed by atoms with E-state index in [0.29, 0.717) is 11.6 Å². The average Bonchev–Trinajstić information content (AvgIpc) is 3.14. The minimum absolute atomic E-state index is 0.0316. The summed E-state index contributed by atoms with van der Waals surface area (Å²) in [7, 11) is 0. The zero-order valence-electron chi connectivity index (χ0n) is 14.6. The van der Waals surface area contributed by atoms with Crippen LogP contribution in [0, 0.1) is 0 Å². The molecule has 138 valence electrons. The molecule has 0 spiro atoms.